The van der Waals surface area contributed by atoms with E-state index in [1.165, 1.54) is 0 Å². The van der Waals surface area contributed by atoms with Gasteiger partial charge in [-0.3, -0.25) is 4.79 Å². The number of carboxylic acids is 1. The minimum atomic E-state index is -1.17. The number of fused-ring (bicyclic) bond motifs is 3. The van der Waals surface area contributed by atoms with E-state index in [-0.39, 0.29) is 46.9 Å². The van der Waals surface area contributed by atoms with E-state index in [0.29, 0.717) is 26.1 Å². The number of aliphatic hydroxyl groups excluding tert-OH is 1. The number of aliphatic hydroxyl groups is 1. The lowest BCUT2D eigenvalue weighted by atomic mass is 9.77. The number of rotatable bonds is 4. The molecule has 3 heterocycles. The number of carboxylic acid groups (broad SMARTS) is 1. The minimum absolute atomic E-state index is 0.0369. The van der Waals surface area contributed by atoms with Crippen molar-refractivity contribution < 1.29 is 34.2 Å². The summed E-state index contributed by atoms with van der Waals surface area (Å²) in [6.07, 6.45) is 0.374. The predicted molar refractivity (Wildman–Crippen MR) is 96.5 cm³/mol. The monoisotopic (exact) mass is 388 g/mol. The van der Waals surface area contributed by atoms with Crippen molar-refractivity contribution >= 4 is 19.0 Å². The molecule has 9 nitrogen and oxygen atoms in total. The van der Waals surface area contributed by atoms with Crippen molar-refractivity contribution in [3.8, 4) is 11.5 Å². The Labute approximate surface area is 161 Å². The van der Waals surface area contributed by atoms with E-state index in [4.69, 9.17) is 9.39 Å². The molecule has 0 aromatic heterocycles. The second kappa shape index (κ2) is 6.36. The fraction of sp³-hybridized carbons (Fsp3) is 0.556. The van der Waals surface area contributed by atoms with Crippen LogP contribution in [0.3, 0.4) is 0 Å². The SMILES string of the molecule is O=C(O)c1c(OC2CN(C(=O)[C@@H]3C[C@@H](O)CN3)C2)ccc2c1OB(O)[C@@H]1C[C@H]21. The van der Waals surface area contributed by atoms with Crippen molar-refractivity contribution in [3.05, 3.63) is 23.3 Å². The summed E-state index contributed by atoms with van der Waals surface area (Å²) >= 11 is 0. The first-order valence-corrected chi connectivity index (χ1v) is 9.54. The van der Waals surface area contributed by atoms with Crippen molar-refractivity contribution in [2.45, 2.75) is 42.8 Å². The van der Waals surface area contributed by atoms with Crippen LogP contribution in [0.15, 0.2) is 12.1 Å². The third-order valence-electron chi connectivity index (χ3n) is 6.07. The third-order valence-corrected chi connectivity index (χ3v) is 6.07. The standard InChI is InChI=1S/C18H21BN2O7/c22-8-3-13(20-5-8)17(23)21-6-9(7-21)27-14-2-1-10-11-4-12(11)19(26)28-16(10)15(14)18(24)25/h1-2,8-9,11-13,20,22,26H,3-7H2,(H,24,25)/t8-,11-,12-,13+/m1/s1. The van der Waals surface area contributed by atoms with E-state index in [2.05, 4.69) is 5.32 Å². The molecular weight excluding hydrogens is 367 g/mol. The number of β-amino-alcohol motifs (C(OH)–C–C–N with tert-alkyl or cyclic N) is 1. The molecule has 1 aromatic rings. The number of carbonyl (C=O) groups excluding carboxylic acids is 1. The van der Waals surface area contributed by atoms with E-state index in [1.54, 1.807) is 17.0 Å². The maximum atomic E-state index is 12.4. The zero-order valence-corrected chi connectivity index (χ0v) is 15.1. The average molecular weight is 388 g/mol. The van der Waals surface area contributed by atoms with Crippen LogP contribution in [0.25, 0.3) is 0 Å². The number of amides is 1. The highest BCUT2D eigenvalue weighted by Crippen LogP contribution is 2.60. The number of hydrogen-bond donors (Lipinski definition) is 4. The number of carbonyl (C=O) groups is 2. The van der Waals surface area contributed by atoms with Gasteiger partial charge in [-0.15, -0.1) is 0 Å². The molecule has 2 saturated heterocycles. The predicted octanol–water partition coefficient (Wildman–Crippen LogP) is -0.572. The summed E-state index contributed by atoms with van der Waals surface area (Å²) in [5.41, 5.74) is 0.726. The summed E-state index contributed by atoms with van der Waals surface area (Å²) in [5.74, 6) is -0.704. The Morgan fingerprint density at radius 1 is 1.29 bits per heavy atom. The van der Waals surface area contributed by atoms with Crippen LogP contribution in [0.2, 0.25) is 5.82 Å². The van der Waals surface area contributed by atoms with Gasteiger partial charge in [0.1, 0.15) is 23.2 Å². The molecule has 5 rings (SSSR count). The molecule has 1 aromatic carbocycles. The van der Waals surface area contributed by atoms with Crippen LogP contribution in [0.4, 0.5) is 0 Å². The number of nitrogens with zero attached hydrogens (tertiary/aromatic N) is 1. The van der Waals surface area contributed by atoms with Crippen LogP contribution < -0.4 is 14.7 Å². The van der Waals surface area contributed by atoms with Gasteiger partial charge in [-0.1, -0.05) is 6.07 Å². The lowest BCUT2D eigenvalue weighted by molar-refractivity contribution is -0.142. The quantitative estimate of drug-likeness (QED) is 0.505. The van der Waals surface area contributed by atoms with E-state index < -0.39 is 19.2 Å². The van der Waals surface area contributed by atoms with Gasteiger partial charge in [0.2, 0.25) is 5.91 Å². The van der Waals surface area contributed by atoms with Crippen LogP contribution in [0.5, 0.6) is 11.5 Å². The molecule has 1 saturated carbocycles. The minimum Gasteiger partial charge on any atom is -0.535 e. The fourth-order valence-electron chi connectivity index (χ4n) is 4.39. The molecule has 28 heavy (non-hydrogen) atoms. The molecule has 0 bridgehead atoms. The second-order valence-electron chi connectivity index (χ2n) is 8.01. The number of likely N-dealkylation sites (tertiary alicyclic amines) is 1. The van der Waals surface area contributed by atoms with Crippen LogP contribution in [-0.4, -0.2) is 77.0 Å². The molecule has 0 spiro atoms. The van der Waals surface area contributed by atoms with Gasteiger partial charge >= 0.3 is 13.1 Å². The Balaban J connectivity index is 1.28. The molecular formula is C18H21BN2O7. The Hall–Kier alpha value is -2.30. The summed E-state index contributed by atoms with van der Waals surface area (Å²) in [7, 11) is -0.989. The highest BCUT2D eigenvalue weighted by molar-refractivity contribution is 6.48. The lowest BCUT2D eigenvalue weighted by Crippen LogP contribution is -2.59. The zero-order valence-electron chi connectivity index (χ0n) is 15.1. The second-order valence-corrected chi connectivity index (χ2v) is 8.01. The molecule has 4 N–H and O–H groups in total. The Kier molecular flexibility index (Phi) is 4.04. The Morgan fingerprint density at radius 3 is 2.75 bits per heavy atom. The van der Waals surface area contributed by atoms with Crippen molar-refractivity contribution in [1.29, 1.82) is 0 Å². The third kappa shape index (κ3) is 2.83. The molecule has 1 amide bonds. The van der Waals surface area contributed by atoms with E-state index >= 15 is 0 Å². The first-order valence-electron chi connectivity index (χ1n) is 9.54. The maximum Gasteiger partial charge on any atom is 0.526 e. The van der Waals surface area contributed by atoms with Gasteiger partial charge in [-0.2, -0.15) is 0 Å². The van der Waals surface area contributed by atoms with Crippen LogP contribution in [-0.2, 0) is 4.79 Å². The van der Waals surface area contributed by atoms with Crippen molar-refractivity contribution in [2.24, 2.45) is 0 Å². The number of hydrogen-bond acceptors (Lipinski definition) is 7. The summed E-state index contributed by atoms with van der Waals surface area (Å²) in [6, 6.07) is 3.06. The molecule has 148 valence electrons. The van der Waals surface area contributed by atoms with Crippen molar-refractivity contribution in [1.82, 2.24) is 10.2 Å². The van der Waals surface area contributed by atoms with Crippen molar-refractivity contribution in [3.63, 3.8) is 0 Å². The largest absolute Gasteiger partial charge is 0.535 e. The van der Waals surface area contributed by atoms with E-state index in [1.807, 2.05) is 0 Å². The molecule has 0 unspecified atom stereocenters. The first-order chi connectivity index (χ1) is 13.4. The molecule has 1 aliphatic carbocycles. The topological polar surface area (TPSA) is 129 Å². The van der Waals surface area contributed by atoms with Crippen LogP contribution in [0, 0.1) is 0 Å². The van der Waals surface area contributed by atoms with E-state index in [0.717, 1.165) is 12.0 Å². The average Bonchev–Trinajstić information content (AvgIpc) is 3.31. The highest BCUT2D eigenvalue weighted by atomic mass is 16.5. The summed E-state index contributed by atoms with van der Waals surface area (Å²) < 4.78 is 11.3. The number of nitrogens with one attached hydrogen (secondary N) is 1. The van der Waals surface area contributed by atoms with Crippen LogP contribution >= 0.6 is 0 Å². The smallest absolute Gasteiger partial charge is 0.526 e. The van der Waals surface area contributed by atoms with Crippen LogP contribution in [0.1, 0.15) is 34.7 Å². The first kappa shape index (κ1) is 17.8. The van der Waals surface area contributed by atoms with Gasteiger partial charge in [-0.25, -0.2) is 4.79 Å². The van der Waals surface area contributed by atoms with Gasteiger partial charge < -0.3 is 34.8 Å². The zero-order chi connectivity index (χ0) is 19.6. The summed E-state index contributed by atoms with van der Waals surface area (Å²) in [6.45, 7) is 1.13. The van der Waals surface area contributed by atoms with Gasteiger partial charge in [0, 0.05) is 12.4 Å². The summed E-state index contributed by atoms with van der Waals surface area (Å²) in [5, 5.41) is 32.2. The number of benzene rings is 1. The molecule has 3 aliphatic heterocycles. The number of ether oxygens (including phenoxy) is 1. The molecule has 4 aliphatic rings. The molecule has 0 radical (unpaired) electrons. The summed E-state index contributed by atoms with van der Waals surface area (Å²) in [4.78, 5) is 25.9. The van der Waals surface area contributed by atoms with Gasteiger partial charge in [0.25, 0.3) is 0 Å². The molecule has 10 heteroatoms. The van der Waals surface area contributed by atoms with Crippen molar-refractivity contribution in [2.75, 3.05) is 19.6 Å². The Bertz CT molecular complexity index is 843. The normalized spacial score (nSPS) is 30.8. The Morgan fingerprint density at radius 2 is 2.07 bits per heavy atom. The molecule has 4 atom stereocenters. The fourth-order valence-corrected chi connectivity index (χ4v) is 4.39. The highest BCUT2D eigenvalue weighted by Gasteiger charge is 2.54. The van der Waals surface area contributed by atoms with E-state index in [9.17, 15) is 24.8 Å². The lowest BCUT2D eigenvalue weighted by Gasteiger charge is -2.40. The van der Waals surface area contributed by atoms with Gasteiger partial charge in [-0.05, 0) is 30.4 Å². The molecule has 3 fully saturated rings. The van der Waals surface area contributed by atoms with Gasteiger partial charge in [0.15, 0.2) is 0 Å². The van der Waals surface area contributed by atoms with Gasteiger partial charge in [0.05, 0.1) is 25.2 Å². The maximum absolute atomic E-state index is 12.4. The number of aromatic carboxylic acids is 1.